The Hall–Kier alpha value is -1.88. The highest BCUT2D eigenvalue weighted by Crippen LogP contribution is 2.40. The van der Waals surface area contributed by atoms with E-state index in [2.05, 4.69) is 10.9 Å². The van der Waals surface area contributed by atoms with Gasteiger partial charge in [0.15, 0.2) is 5.60 Å². The van der Waals surface area contributed by atoms with Crippen molar-refractivity contribution >= 4 is 0 Å². The molecule has 2 rings (SSSR count). The summed E-state index contributed by atoms with van der Waals surface area (Å²) in [6, 6.07) is 1.17. The molecule has 19 heavy (non-hydrogen) atoms. The van der Waals surface area contributed by atoms with Crippen molar-refractivity contribution in [2.75, 3.05) is 6.61 Å². The second-order valence-electron chi connectivity index (χ2n) is 4.52. The van der Waals surface area contributed by atoms with Crippen LogP contribution in [0.4, 0.5) is 0 Å². The number of aromatic amines is 1. The van der Waals surface area contributed by atoms with Gasteiger partial charge in [0.25, 0.3) is 5.56 Å². The van der Waals surface area contributed by atoms with E-state index in [0.29, 0.717) is 0 Å². The molecule has 3 N–H and O–H groups in total. The molecule has 0 spiro atoms. The fourth-order valence-corrected chi connectivity index (χ4v) is 2.21. The van der Waals surface area contributed by atoms with Crippen molar-refractivity contribution in [2.45, 2.75) is 24.9 Å². The SMILES string of the molecule is C#C[C@]1(CO)O[C@@H](n2ccc(=O)[nH]c2=O)[C@@H](C)[C@@H]1O. The van der Waals surface area contributed by atoms with Crippen molar-refractivity contribution < 1.29 is 14.9 Å². The van der Waals surface area contributed by atoms with E-state index in [4.69, 9.17) is 11.2 Å². The van der Waals surface area contributed by atoms with Crippen LogP contribution in [0.2, 0.25) is 0 Å². The molecule has 0 aliphatic carbocycles. The monoisotopic (exact) mass is 266 g/mol. The molecule has 1 saturated heterocycles. The van der Waals surface area contributed by atoms with Crippen LogP contribution in [0.15, 0.2) is 21.9 Å². The Morgan fingerprint density at radius 2 is 2.32 bits per heavy atom. The summed E-state index contributed by atoms with van der Waals surface area (Å²) in [4.78, 5) is 24.8. The predicted octanol–water partition coefficient (Wildman–Crippen LogP) is -1.57. The maximum absolute atomic E-state index is 11.7. The number of aromatic nitrogens is 2. The lowest BCUT2D eigenvalue weighted by Gasteiger charge is -2.23. The van der Waals surface area contributed by atoms with Gasteiger partial charge >= 0.3 is 5.69 Å². The molecule has 0 amide bonds. The molecule has 1 aliphatic rings. The van der Waals surface area contributed by atoms with E-state index in [1.54, 1.807) is 6.92 Å². The Labute approximate surface area is 108 Å². The standard InChI is InChI=1S/C12H14N2O5/c1-3-12(6-15)9(17)7(2)10(19-12)14-5-4-8(16)13-11(14)18/h1,4-5,7,9-10,15,17H,6H2,2H3,(H,13,16,18)/t7-,9-,10+,12+/m0/s1. The normalized spacial score (nSPS) is 34.1. The summed E-state index contributed by atoms with van der Waals surface area (Å²) < 4.78 is 6.61. The molecule has 0 bridgehead atoms. The number of aliphatic hydroxyl groups is 2. The molecule has 1 aliphatic heterocycles. The third kappa shape index (κ3) is 2.00. The van der Waals surface area contributed by atoms with Crippen molar-refractivity contribution in [3.8, 4) is 12.3 Å². The molecule has 0 aromatic carbocycles. The number of ether oxygens (including phenoxy) is 1. The molecule has 1 fully saturated rings. The van der Waals surface area contributed by atoms with Gasteiger partial charge in [-0.25, -0.2) is 4.79 Å². The van der Waals surface area contributed by atoms with E-state index in [1.165, 1.54) is 12.3 Å². The first-order valence-electron chi connectivity index (χ1n) is 5.71. The third-order valence-electron chi connectivity index (χ3n) is 3.36. The van der Waals surface area contributed by atoms with Crippen LogP contribution >= 0.6 is 0 Å². The number of nitrogens with zero attached hydrogens (tertiary/aromatic N) is 1. The molecule has 102 valence electrons. The van der Waals surface area contributed by atoms with Crippen LogP contribution in [0.1, 0.15) is 13.2 Å². The fourth-order valence-electron chi connectivity index (χ4n) is 2.21. The van der Waals surface area contributed by atoms with Gasteiger partial charge in [0.2, 0.25) is 0 Å². The van der Waals surface area contributed by atoms with Gasteiger partial charge in [-0.05, 0) is 0 Å². The summed E-state index contributed by atoms with van der Waals surface area (Å²) in [6.45, 7) is 1.07. The number of rotatable bonds is 2. The van der Waals surface area contributed by atoms with E-state index in [1.807, 2.05) is 0 Å². The maximum atomic E-state index is 11.7. The van der Waals surface area contributed by atoms with E-state index >= 15 is 0 Å². The number of H-pyrrole nitrogens is 1. The first kappa shape index (κ1) is 13.5. The number of hydrogen-bond acceptors (Lipinski definition) is 5. The highest BCUT2D eigenvalue weighted by molar-refractivity contribution is 5.17. The van der Waals surface area contributed by atoms with Crippen molar-refractivity contribution in [1.82, 2.24) is 9.55 Å². The lowest BCUT2D eigenvalue weighted by molar-refractivity contribution is -0.0919. The number of nitrogens with one attached hydrogen (secondary N) is 1. The molecule has 7 nitrogen and oxygen atoms in total. The summed E-state index contributed by atoms with van der Waals surface area (Å²) in [7, 11) is 0. The highest BCUT2D eigenvalue weighted by Gasteiger charge is 2.52. The summed E-state index contributed by atoms with van der Waals surface area (Å²) in [5, 5.41) is 19.4. The van der Waals surface area contributed by atoms with Gasteiger partial charge < -0.3 is 14.9 Å². The molecular formula is C12H14N2O5. The zero-order chi connectivity index (χ0) is 14.2. The molecule has 2 heterocycles. The van der Waals surface area contributed by atoms with Gasteiger partial charge in [-0.15, -0.1) is 6.42 Å². The summed E-state index contributed by atoms with van der Waals surface area (Å²) >= 11 is 0. The number of hydrogen-bond donors (Lipinski definition) is 3. The third-order valence-corrected chi connectivity index (χ3v) is 3.36. The Morgan fingerprint density at radius 3 is 2.79 bits per heavy atom. The largest absolute Gasteiger partial charge is 0.392 e. The lowest BCUT2D eigenvalue weighted by atomic mass is 9.92. The van der Waals surface area contributed by atoms with Gasteiger partial charge in [-0.3, -0.25) is 14.3 Å². The first-order valence-corrected chi connectivity index (χ1v) is 5.71. The maximum Gasteiger partial charge on any atom is 0.330 e. The predicted molar refractivity (Wildman–Crippen MR) is 65.3 cm³/mol. The molecule has 0 radical (unpaired) electrons. The van der Waals surface area contributed by atoms with Crippen molar-refractivity contribution in [1.29, 1.82) is 0 Å². The Morgan fingerprint density at radius 1 is 1.63 bits per heavy atom. The average molecular weight is 266 g/mol. The van der Waals surface area contributed by atoms with Gasteiger partial charge in [0.1, 0.15) is 12.3 Å². The molecule has 4 atom stereocenters. The Bertz CT molecular complexity index is 628. The number of terminal acetylenes is 1. The minimum atomic E-state index is -1.54. The van der Waals surface area contributed by atoms with Crippen LogP contribution in [-0.4, -0.2) is 38.1 Å². The smallest absolute Gasteiger partial charge is 0.330 e. The van der Waals surface area contributed by atoms with Crippen molar-refractivity contribution in [3.05, 3.63) is 33.1 Å². The van der Waals surface area contributed by atoms with Gasteiger partial charge in [-0.1, -0.05) is 12.8 Å². The second-order valence-corrected chi connectivity index (χ2v) is 4.52. The summed E-state index contributed by atoms with van der Waals surface area (Å²) in [5.41, 5.74) is -2.74. The zero-order valence-electron chi connectivity index (χ0n) is 10.2. The van der Waals surface area contributed by atoms with Gasteiger partial charge in [0.05, 0.1) is 6.61 Å². The molecule has 1 aromatic heterocycles. The minimum absolute atomic E-state index is 0.521. The second kappa shape index (κ2) is 4.66. The van der Waals surface area contributed by atoms with Crippen LogP contribution < -0.4 is 11.2 Å². The fraction of sp³-hybridized carbons (Fsp3) is 0.500. The quantitative estimate of drug-likeness (QED) is 0.561. The molecule has 1 aromatic rings. The van der Waals surface area contributed by atoms with Crippen LogP contribution in [0.5, 0.6) is 0 Å². The topological polar surface area (TPSA) is 105 Å². The minimum Gasteiger partial charge on any atom is -0.392 e. The average Bonchev–Trinajstić information content (AvgIpc) is 2.64. The Kier molecular flexibility index (Phi) is 3.32. The molecule has 0 saturated carbocycles. The van der Waals surface area contributed by atoms with Gasteiger partial charge in [-0.2, -0.15) is 0 Å². The van der Waals surface area contributed by atoms with Crippen molar-refractivity contribution in [2.24, 2.45) is 5.92 Å². The van der Waals surface area contributed by atoms with Crippen LogP contribution in [0.25, 0.3) is 0 Å². The van der Waals surface area contributed by atoms with Crippen molar-refractivity contribution in [3.63, 3.8) is 0 Å². The first-order chi connectivity index (χ1) is 8.95. The Balaban J connectivity index is 2.46. The summed E-state index contributed by atoms with van der Waals surface area (Å²) in [6.07, 6.45) is 4.58. The van der Waals surface area contributed by atoms with Crippen LogP contribution in [-0.2, 0) is 4.74 Å². The highest BCUT2D eigenvalue weighted by atomic mass is 16.6. The molecule has 7 heteroatoms. The zero-order valence-corrected chi connectivity index (χ0v) is 10.2. The summed E-state index contributed by atoms with van der Waals surface area (Å²) in [5.74, 6) is 1.71. The lowest BCUT2D eigenvalue weighted by Crippen LogP contribution is -2.43. The van der Waals surface area contributed by atoms with E-state index in [9.17, 15) is 19.8 Å². The number of aliphatic hydroxyl groups excluding tert-OH is 2. The van der Waals surface area contributed by atoms with E-state index in [0.717, 1.165) is 4.57 Å². The molecule has 0 unspecified atom stereocenters. The van der Waals surface area contributed by atoms with Gasteiger partial charge in [0, 0.05) is 18.2 Å². The van der Waals surface area contributed by atoms with Crippen LogP contribution in [0, 0.1) is 18.3 Å². The van der Waals surface area contributed by atoms with E-state index in [-0.39, 0.29) is 0 Å². The molecular weight excluding hydrogens is 252 g/mol. The van der Waals surface area contributed by atoms with E-state index < -0.39 is 41.7 Å². The van der Waals surface area contributed by atoms with Crippen LogP contribution in [0.3, 0.4) is 0 Å².